The average molecular weight is 198 g/mol. The highest BCUT2D eigenvalue weighted by molar-refractivity contribution is 5.75. The fraction of sp³-hybridized carbons (Fsp3) is 0.909. The standard InChI is InChI=1S/C11H22N2O/c1-6-11(5)7-8(11)12-9(14)13-10(2,3)4/h8H,6-7H2,1-5H3,(H2,12,13,14). The van der Waals surface area contributed by atoms with E-state index in [1.807, 2.05) is 20.8 Å². The molecule has 0 heterocycles. The highest BCUT2D eigenvalue weighted by Gasteiger charge is 2.49. The third-order valence-electron chi connectivity index (χ3n) is 2.95. The van der Waals surface area contributed by atoms with Crippen molar-refractivity contribution in [1.29, 1.82) is 0 Å². The quantitative estimate of drug-likeness (QED) is 0.702. The molecule has 1 aliphatic rings. The smallest absolute Gasteiger partial charge is 0.315 e. The third kappa shape index (κ3) is 2.89. The van der Waals surface area contributed by atoms with Gasteiger partial charge in [0, 0.05) is 11.6 Å². The lowest BCUT2D eigenvalue weighted by Crippen LogP contribution is -2.47. The summed E-state index contributed by atoms with van der Waals surface area (Å²) in [7, 11) is 0. The SMILES string of the molecule is CCC1(C)CC1NC(=O)NC(C)(C)C. The van der Waals surface area contributed by atoms with Crippen molar-refractivity contribution in [2.24, 2.45) is 5.41 Å². The van der Waals surface area contributed by atoms with Crippen LogP contribution in [0, 0.1) is 5.41 Å². The summed E-state index contributed by atoms with van der Waals surface area (Å²) in [4.78, 5) is 11.5. The Bertz CT molecular complexity index is 232. The normalized spacial score (nSPS) is 31.1. The Kier molecular flexibility index (Phi) is 2.79. The van der Waals surface area contributed by atoms with E-state index in [0.717, 1.165) is 12.8 Å². The van der Waals surface area contributed by atoms with Crippen LogP contribution in [0.15, 0.2) is 0 Å². The van der Waals surface area contributed by atoms with E-state index in [0.29, 0.717) is 11.5 Å². The first-order valence-corrected chi connectivity index (χ1v) is 5.35. The van der Waals surface area contributed by atoms with Crippen molar-refractivity contribution in [3.8, 4) is 0 Å². The predicted molar refractivity (Wildman–Crippen MR) is 58.2 cm³/mol. The number of amides is 2. The summed E-state index contributed by atoms with van der Waals surface area (Å²) in [5.74, 6) is 0. The molecule has 0 radical (unpaired) electrons. The monoisotopic (exact) mass is 198 g/mol. The predicted octanol–water partition coefficient (Wildman–Crippen LogP) is 2.27. The van der Waals surface area contributed by atoms with Gasteiger partial charge in [-0.3, -0.25) is 0 Å². The molecule has 82 valence electrons. The fourth-order valence-electron chi connectivity index (χ4n) is 1.56. The van der Waals surface area contributed by atoms with Crippen LogP contribution in [0.2, 0.25) is 0 Å². The summed E-state index contributed by atoms with van der Waals surface area (Å²) >= 11 is 0. The molecule has 0 bridgehead atoms. The molecule has 0 saturated heterocycles. The molecule has 0 spiro atoms. The molecule has 1 rings (SSSR count). The summed E-state index contributed by atoms with van der Waals surface area (Å²) < 4.78 is 0. The van der Waals surface area contributed by atoms with Crippen LogP contribution in [0.25, 0.3) is 0 Å². The zero-order valence-electron chi connectivity index (χ0n) is 9.90. The van der Waals surface area contributed by atoms with Gasteiger partial charge < -0.3 is 10.6 Å². The van der Waals surface area contributed by atoms with E-state index in [1.54, 1.807) is 0 Å². The van der Waals surface area contributed by atoms with Crippen LogP contribution in [0.3, 0.4) is 0 Å². The molecule has 1 fully saturated rings. The van der Waals surface area contributed by atoms with E-state index in [2.05, 4.69) is 24.5 Å². The maximum atomic E-state index is 11.5. The van der Waals surface area contributed by atoms with E-state index in [-0.39, 0.29) is 11.6 Å². The first-order chi connectivity index (χ1) is 6.27. The van der Waals surface area contributed by atoms with Gasteiger partial charge in [0.2, 0.25) is 0 Å². The molecule has 2 N–H and O–H groups in total. The number of carbonyl (C=O) groups is 1. The zero-order chi connectivity index (χ0) is 11.0. The lowest BCUT2D eigenvalue weighted by molar-refractivity contribution is 0.230. The van der Waals surface area contributed by atoms with Gasteiger partial charge in [0.15, 0.2) is 0 Å². The molecule has 3 heteroatoms. The molecule has 2 atom stereocenters. The van der Waals surface area contributed by atoms with Crippen molar-refractivity contribution >= 4 is 6.03 Å². The Hall–Kier alpha value is -0.730. The Labute approximate surface area is 86.6 Å². The summed E-state index contributed by atoms with van der Waals surface area (Å²) in [6.07, 6.45) is 2.24. The van der Waals surface area contributed by atoms with Gasteiger partial charge in [0.05, 0.1) is 0 Å². The first kappa shape index (κ1) is 11.3. The summed E-state index contributed by atoms with van der Waals surface area (Å²) in [6, 6.07) is 0.328. The van der Waals surface area contributed by atoms with Gasteiger partial charge in [-0.05, 0) is 39.0 Å². The van der Waals surface area contributed by atoms with Crippen molar-refractivity contribution in [2.75, 3.05) is 0 Å². The van der Waals surface area contributed by atoms with Gasteiger partial charge in [-0.1, -0.05) is 13.8 Å². The van der Waals surface area contributed by atoms with Crippen LogP contribution in [0.4, 0.5) is 4.79 Å². The Morgan fingerprint density at radius 1 is 1.50 bits per heavy atom. The summed E-state index contributed by atoms with van der Waals surface area (Å²) in [5.41, 5.74) is 0.191. The lowest BCUT2D eigenvalue weighted by atomic mass is 10.1. The van der Waals surface area contributed by atoms with Gasteiger partial charge in [0.25, 0.3) is 0 Å². The number of carbonyl (C=O) groups excluding carboxylic acids is 1. The van der Waals surface area contributed by atoms with Crippen LogP contribution in [-0.2, 0) is 0 Å². The minimum absolute atomic E-state index is 0.0420. The summed E-state index contributed by atoms with van der Waals surface area (Å²) in [5, 5.41) is 5.90. The van der Waals surface area contributed by atoms with Crippen molar-refractivity contribution < 1.29 is 4.79 Å². The Balaban J connectivity index is 2.31. The average Bonchev–Trinajstić information content (AvgIpc) is 2.58. The van der Waals surface area contributed by atoms with Gasteiger partial charge in [-0.25, -0.2) is 4.79 Å². The molecule has 0 aromatic carbocycles. The minimum atomic E-state index is -0.151. The highest BCUT2D eigenvalue weighted by atomic mass is 16.2. The number of nitrogens with one attached hydrogen (secondary N) is 2. The second kappa shape index (κ2) is 3.44. The van der Waals surface area contributed by atoms with Gasteiger partial charge in [-0.2, -0.15) is 0 Å². The van der Waals surface area contributed by atoms with Gasteiger partial charge >= 0.3 is 6.03 Å². The number of hydrogen-bond donors (Lipinski definition) is 2. The summed E-state index contributed by atoms with van der Waals surface area (Å²) in [6.45, 7) is 10.3. The molecule has 0 aromatic rings. The van der Waals surface area contributed by atoms with Crippen molar-refractivity contribution in [3.63, 3.8) is 0 Å². The second-order valence-corrected chi connectivity index (χ2v) is 5.61. The van der Waals surface area contributed by atoms with Gasteiger partial charge in [0.1, 0.15) is 0 Å². The third-order valence-corrected chi connectivity index (χ3v) is 2.95. The largest absolute Gasteiger partial charge is 0.335 e. The highest BCUT2D eigenvalue weighted by Crippen LogP contribution is 2.48. The molecule has 3 nitrogen and oxygen atoms in total. The van der Waals surface area contributed by atoms with E-state index >= 15 is 0 Å². The maximum Gasteiger partial charge on any atom is 0.315 e. The van der Waals surface area contributed by atoms with Crippen molar-refractivity contribution in [2.45, 2.75) is 59.0 Å². The Morgan fingerprint density at radius 3 is 2.43 bits per heavy atom. The number of urea groups is 1. The topological polar surface area (TPSA) is 41.1 Å². The minimum Gasteiger partial charge on any atom is -0.335 e. The van der Waals surface area contributed by atoms with Gasteiger partial charge in [-0.15, -0.1) is 0 Å². The molecule has 14 heavy (non-hydrogen) atoms. The van der Waals surface area contributed by atoms with E-state index in [9.17, 15) is 4.79 Å². The fourth-order valence-corrected chi connectivity index (χ4v) is 1.56. The van der Waals surface area contributed by atoms with Crippen LogP contribution in [-0.4, -0.2) is 17.6 Å². The maximum absolute atomic E-state index is 11.5. The van der Waals surface area contributed by atoms with E-state index < -0.39 is 0 Å². The van der Waals surface area contributed by atoms with Crippen LogP contribution in [0.5, 0.6) is 0 Å². The van der Waals surface area contributed by atoms with Crippen LogP contribution < -0.4 is 10.6 Å². The Morgan fingerprint density at radius 2 is 2.07 bits per heavy atom. The van der Waals surface area contributed by atoms with Crippen LogP contribution in [0.1, 0.15) is 47.5 Å². The zero-order valence-corrected chi connectivity index (χ0v) is 9.90. The second-order valence-electron chi connectivity index (χ2n) is 5.61. The molecular formula is C11H22N2O. The molecule has 0 aromatic heterocycles. The van der Waals surface area contributed by atoms with Crippen LogP contribution >= 0.6 is 0 Å². The molecule has 2 amide bonds. The molecule has 1 saturated carbocycles. The van der Waals surface area contributed by atoms with Crippen molar-refractivity contribution in [1.82, 2.24) is 10.6 Å². The first-order valence-electron chi connectivity index (χ1n) is 5.35. The van der Waals surface area contributed by atoms with Crippen molar-refractivity contribution in [3.05, 3.63) is 0 Å². The molecule has 0 aliphatic heterocycles. The van der Waals surface area contributed by atoms with E-state index in [4.69, 9.17) is 0 Å². The lowest BCUT2D eigenvalue weighted by Gasteiger charge is -2.21. The molecule has 1 aliphatic carbocycles. The molecular weight excluding hydrogens is 176 g/mol. The number of rotatable bonds is 2. The van der Waals surface area contributed by atoms with E-state index in [1.165, 1.54) is 0 Å². The molecule has 2 unspecified atom stereocenters. The number of hydrogen-bond acceptors (Lipinski definition) is 1.